The summed E-state index contributed by atoms with van der Waals surface area (Å²) in [4.78, 5) is 11.7. The first kappa shape index (κ1) is 16.2. The SMILES string of the molecule is CC(C)(C)OC(=O)N[C@@H]1CCCC(C(O)CCO)C1. The molecule has 3 atom stereocenters. The summed E-state index contributed by atoms with van der Waals surface area (Å²) in [7, 11) is 0. The molecule has 2 unspecified atom stereocenters. The summed E-state index contributed by atoms with van der Waals surface area (Å²) < 4.78 is 5.23. The van der Waals surface area contributed by atoms with Crippen molar-refractivity contribution in [3.8, 4) is 0 Å². The summed E-state index contributed by atoms with van der Waals surface area (Å²) in [6.45, 7) is 5.51. The van der Waals surface area contributed by atoms with Gasteiger partial charge in [0, 0.05) is 12.6 Å². The second-order valence-corrected chi connectivity index (χ2v) is 6.35. The molecule has 5 heteroatoms. The molecule has 0 aliphatic heterocycles. The Morgan fingerprint density at radius 3 is 2.68 bits per heavy atom. The van der Waals surface area contributed by atoms with Crippen LogP contribution in [0, 0.1) is 5.92 Å². The van der Waals surface area contributed by atoms with Crippen LogP contribution in [0.5, 0.6) is 0 Å². The molecule has 0 aromatic rings. The van der Waals surface area contributed by atoms with E-state index in [1.165, 1.54) is 0 Å². The van der Waals surface area contributed by atoms with Crippen molar-refractivity contribution >= 4 is 6.09 Å². The second-order valence-electron chi connectivity index (χ2n) is 6.35. The first-order valence-corrected chi connectivity index (χ1v) is 7.10. The van der Waals surface area contributed by atoms with E-state index in [4.69, 9.17) is 9.84 Å². The van der Waals surface area contributed by atoms with Crippen LogP contribution in [-0.2, 0) is 4.74 Å². The third-order valence-electron chi connectivity index (χ3n) is 3.40. The lowest BCUT2D eigenvalue weighted by Gasteiger charge is -2.33. The van der Waals surface area contributed by atoms with Crippen molar-refractivity contribution in [2.24, 2.45) is 5.92 Å². The van der Waals surface area contributed by atoms with Crippen LogP contribution in [0.2, 0.25) is 0 Å². The maximum Gasteiger partial charge on any atom is 0.407 e. The van der Waals surface area contributed by atoms with E-state index in [1.807, 2.05) is 20.8 Å². The predicted octanol–water partition coefficient (Wildman–Crippen LogP) is 1.81. The van der Waals surface area contributed by atoms with Crippen LogP contribution >= 0.6 is 0 Å². The molecule has 5 nitrogen and oxygen atoms in total. The third kappa shape index (κ3) is 6.25. The van der Waals surface area contributed by atoms with Gasteiger partial charge >= 0.3 is 6.09 Å². The highest BCUT2D eigenvalue weighted by Gasteiger charge is 2.29. The van der Waals surface area contributed by atoms with E-state index in [0.717, 1.165) is 25.7 Å². The average Bonchev–Trinajstić information content (AvgIpc) is 2.27. The standard InChI is InChI=1S/C14H27NO4/c1-14(2,3)19-13(18)15-11-6-4-5-10(9-11)12(17)7-8-16/h10-12,16-17H,4-9H2,1-3H3,(H,15,18)/t10?,11-,12?/m1/s1. The van der Waals surface area contributed by atoms with Crippen LogP contribution in [0.4, 0.5) is 4.79 Å². The minimum atomic E-state index is -0.492. The molecule has 1 aliphatic carbocycles. The lowest BCUT2D eigenvalue weighted by atomic mass is 9.81. The maximum atomic E-state index is 11.7. The Labute approximate surface area is 115 Å². The molecule has 0 saturated heterocycles. The third-order valence-corrected chi connectivity index (χ3v) is 3.40. The van der Waals surface area contributed by atoms with Gasteiger partial charge in [0.25, 0.3) is 0 Å². The number of hydrogen-bond donors (Lipinski definition) is 3. The lowest BCUT2D eigenvalue weighted by Crippen LogP contribution is -2.43. The van der Waals surface area contributed by atoms with Crippen molar-refractivity contribution < 1.29 is 19.7 Å². The molecular formula is C14H27NO4. The van der Waals surface area contributed by atoms with Crippen LogP contribution in [-0.4, -0.2) is 40.7 Å². The number of carbonyl (C=O) groups excluding carboxylic acids is 1. The smallest absolute Gasteiger partial charge is 0.407 e. The highest BCUT2D eigenvalue weighted by atomic mass is 16.6. The first-order chi connectivity index (χ1) is 8.81. The molecule has 1 rings (SSSR count). The molecule has 0 aromatic heterocycles. The van der Waals surface area contributed by atoms with Crippen LogP contribution in [0.15, 0.2) is 0 Å². The zero-order valence-electron chi connectivity index (χ0n) is 12.2. The van der Waals surface area contributed by atoms with Gasteiger partial charge in [-0.3, -0.25) is 0 Å². The van der Waals surface area contributed by atoms with Gasteiger partial charge < -0.3 is 20.3 Å². The van der Waals surface area contributed by atoms with E-state index in [9.17, 15) is 9.90 Å². The Bertz CT molecular complexity index is 288. The van der Waals surface area contributed by atoms with Gasteiger partial charge in [-0.25, -0.2) is 4.79 Å². The van der Waals surface area contributed by atoms with Gasteiger partial charge in [0.05, 0.1) is 6.10 Å². The minimum Gasteiger partial charge on any atom is -0.444 e. The van der Waals surface area contributed by atoms with E-state index in [2.05, 4.69) is 5.32 Å². The van der Waals surface area contributed by atoms with Crippen LogP contribution in [0.25, 0.3) is 0 Å². The fourth-order valence-electron chi connectivity index (χ4n) is 2.55. The molecule has 0 bridgehead atoms. The zero-order valence-corrected chi connectivity index (χ0v) is 12.2. The largest absolute Gasteiger partial charge is 0.444 e. The van der Waals surface area contributed by atoms with Crippen molar-refractivity contribution in [2.45, 2.75) is 70.6 Å². The Kier molecular flexibility index (Phi) is 6.07. The Hall–Kier alpha value is -0.810. The second kappa shape index (κ2) is 7.10. The maximum absolute atomic E-state index is 11.7. The fraction of sp³-hybridized carbons (Fsp3) is 0.929. The van der Waals surface area contributed by atoms with Crippen molar-refractivity contribution in [1.82, 2.24) is 5.32 Å². The number of ether oxygens (including phenoxy) is 1. The molecule has 0 heterocycles. The van der Waals surface area contributed by atoms with Crippen LogP contribution < -0.4 is 5.32 Å². The van der Waals surface area contributed by atoms with E-state index in [-0.39, 0.29) is 18.6 Å². The number of nitrogens with one attached hydrogen (secondary N) is 1. The summed E-state index contributed by atoms with van der Waals surface area (Å²) in [5.41, 5.74) is -0.492. The summed E-state index contributed by atoms with van der Waals surface area (Å²) in [5, 5.41) is 21.6. The van der Waals surface area contributed by atoms with Crippen LogP contribution in [0.3, 0.4) is 0 Å². The molecule has 112 valence electrons. The Morgan fingerprint density at radius 2 is 2.11 bits per heavy atom. The Morgan fingerprint density at radius 1 is 1.42 bits per heavy atom. The first-order valence-electron chi connectivity index (χ1n) is 7.10. The molecular weight excluding hydrogens is 246 g/mol. The summed E-state index contributed by atoms with van der Waals surface area (Å²) >= 11 is 0. The summed E-state index contributed by atoms with van der Waals surface area (Å²) in [5.74, 6) is 0.154. The predicted molar refractivity (Wildman–Crippen MR) is 72.8 cm³/mol. The number of rotatable bonds is 4. The van der Waals surface area contributed by atoms with Gasteiger partial charge in [-0.05, 0) is 52.4 Å². The summed E-state index contributed by atoms with van der Waals surface area (Å²) in [6, 6.07) is 0.0574. The molecule has 0 spiro atoms. The highest BCUT2D eigenvalue weighted by molar-refractivity contribution is 5.68. The van der Waals surface area contributed by atoms with Gasteiger partial charge in [-0.1, -0.05) is 6.42 Å². The molecule has 1 fully saturated rings. The molecule has 1 saturated carbocycles. The zero-order chi connectivity index (χ0) is 14.5. The van der Waals surface area contributed by atoms with E-state index in [1.54, 1.807) is 0 Å². The number of aliphatic hydroxyl groups excluding tert-OH is 2. The van der Waals surface area contributed by atoms with Gasteiger partial charge in [-0.2, -0.15) is 0 Å². The Balaban J connectivity index is 2.40. The number of amides is 1. The monoisotopic (exact) mass is 273 g/mol. The molecule has 0 aromatic carbocycles. The summed E-state index contributed by atoms with van der Waals surface area (Å²) in [6.07, 6.45) is 3.13. The van der Waals surface area contributed by atoms with Crippen molar-refractivity contribution in [3.05, 3.63) is 0 Å². The quantitative estimate of drug-likeness (QED) is 0.730. The van der Waals surface area contributed by atoms with Crippen molar-refractivity contribution in [2.75, 3.05) is 6.61 Å². The van der Waals surface area contributed by atoms with E-state index < -0.39 is 17.8 Å². The molecule has 1 amide bonds. The van der Waals surface area contributed by atoms with Gasteiger partial charge in [0.1, 0.15) is 5.60 Å². The number of alkyl carbamates (subject to hydrolysis) is 1. The van der Waals surface area contributed by atoms with Crippen LogP contribution in [0.1, 0.15) is 52.9 Å². The molecule has 0 radical (unpaired) electrons. The van der Waals surface area contributed by atoms with E-state index >= 15 is 0 Å². The molecule has 3 N–H and O–H groups in total. The molecule has 19 heavy (non-hydrogen) atoms. The van der Waals surface area contributed by atoms with Gasteiger partial charge in [0.15, 0.2) is 0 Å². The number of hydrogen-bond acceptors (Lipinski definition) is 4. The van der Waals surface area contributed by atoms with E-state index in [0.29, 0.717) is 6.42 Å². The average molecular weight is 273 g/mol. The lowest BCUT2D eigenvalue weighted by molar-refractivity contribution is 0.0370. The fourth-order valence-corrected chi connectivity index (χ4v) is 2.55. The van der Waals surface area contributed by atoms with Gasteiger partial charge in [0.2, 0.25) is 0 Å². The minimum absolute atomic E-state index is 0.00181. The van der Waals surface area contributed by atoms with Crippen molar-refractivity contribution in [1.29, 1.82) is 0 Å². The number of carbonyl (C=O) groups is 1. The van der Waals surface area contributed by atoms with Crippen molar-refractivity contribution in [3.63, 3.8) is 0 Å². The normalized spacial score (nSPS) is 25.7. The molecule has 1 aliphatic rings. The number of aliphatic hydroxyl groups is 2. The highest BCUT2D eigenvalue weighted by Crippen LogP contribution is 2.28. The van der Waals surface area contributed by atoms with Gasteiger partial charge in [-0.15, -0.1) is 0 Å². The topological polar surface area (TPSA) is 78.8 Å².